The van der Waals surface area contributed by atoms with E-state index in [1.165, 1.54) is 6.92 Å². The SMILES string of the molecule is CC(=O)Nc1cccc(NC(=O)Cc2ccc3c(c2)OCCCO3)c1. The summed E-state index contributed by atoms with van der Waals surface area (Å²) in [6.07, 6.45) is 1.07. The molecule has 3 rings (SSSR count). The molecule has 0 unspecified atom stereocenters. The molecule has 1 aliphatic rings. The Morgan fingerprint density at radius 1 is 0.960 bits per heavy atom. The van der Waals surface area contributed by atoms with Crippen molar-refractivity contribution < 1.29 is 19.1 Å². The van der Waals surface area contributed by atoms with Gasteiger partial charge in [0.1, 0.15) is 0 Å². The highest BCUT2D eigenvalue weighted by molar-refractivity contribution is 5.94. The topological polar surface area (TPSA) is 76.7 Å². The third-order valence-corrected chi connectivity index (χ3v) is 3.64. The van der Waals surface area contributed by atoms with Crippen molar-refractivity contribution in [2.45, 2.75) is 19.8 Å². The lowest BCUT2D eigenvalue weighted by molar-refractivity contribution is -0.115. The average Bonchev–Trinajstić information content (AvgIpc) is 2.79. The number of hydrogen-bond acceptors (Lipinski definition) is 4. The van der Waals surface area contributed by atoms with Gasteiger partial charge in [0.25, 0.3) is 0 Å². The molecule has 2 N–H and O–H groups in total. The van der Waals surface area contributed by atoms with Gasteiger partial charge in [-0.15, -0.1) is 0 Å². The van der Waals surface area contributed by atoms with Gasteiger partial charge in [-0.2, -0.15) is 0 Å². The van der Waals surface area contributed by atoms with Crippen molar-refractivity contribution >= 4 is 23.2 Å². The monoisotopic (exact) mass is 340 g/mol. The molecule has 0 fully saturated rings. The summed E-state index contributed by atoms with van der Waals surface area (Å²) in [6, 6.07) is 12.6. The van der Waals surface area contributed by atoms with E-state index in [9.17, 15) is 9.59 Å². The number of carbonyl (C=O) groups is 2. The lowest BCUT2D eigenvalue weighted by Crippen LogP contribution is -2.15. The summed E-state index contributed by atoms with van der Waals surface area (Å²) < 4.78 is 11.2. The Kier molecular flexibility index (Phi) is 5.18. The summed E-state index contributed by atoms with van der Waals surface area (Å²) in [5, 5.41) is 5.52. The smallest absolute Gasteiger partial charge is 0.228 e. The van der Waals surface area contributed by atoms with E-state index in [-0.39, 0.29) is 18.2 Å². The second-order valence-electron chi connectivity index (χ2n) is 5.82. The Hall–Kier alpha value is -3.02. The van der Waals surface area contributed by atoms with Crippen LogP contribution < -0.4 is 20.1 Å². The minimum atomic E-state index is -0.157. The van der Waals surface area contributed by atoms with Crippen LogP contribution in [0.15, 0.2) is 42.5 Å². The molecule has 130 valence electrons. The average molecular weight is 340 g/mol. The maximum atomic E-state index is 12.3. The van der Waals surface area contributed by atoms with Crippen LogP contribution in [-0.2, 0) is 16.0 Å². The fourth-order valence-electron chi connectivity index (χ4n) is 2.59. The summed E-state index contributed by atoms with van der Waals surface area (Å²) in [4.78, 5) is 23.4. The van der Waals surface area contributed by atoms with E-state index < -0.39 is 0 Å². The van der Waals surface area contributed by atoms with Crippen molar-refractivity contribution in [3.05, 3.63) is 48.0 Å². The molecule has 1 aliphatic heterocycles. The van der Waals surface area contributed by atoms with Crippen LogP contribution in [0.2, 0.25) is 0 Å². The molecule has 0 atom stereocenters. The number of carbonyl (C=O) groups excluding carboxylic acids is 2. The van der Waals surface area contributed by atoms with E-state index in [4.69, 9.17) is 9.47 Å². The molecule has 0 saturated heterocycles. The number of nitrogens with one attached hydrogen (secondary N) is 2. The van der Waals surface area contributed by atoms with Gasteiger partial charge in [-0.1, -0.05) is 12.1 Å². The molecule has 0 radical (unpaired) electrons. The molecule has 2 amide bonds. The highest BCUT2D eigenvalue weighted by atomic mass is 16.5. The zero-order valence-electron chi connectivity index (χ0n) is 14.0. The maximum absolute atomic E-state index is 12.3. The molecule has 0 bridgehead atoms. The fraction of sp³-hybridized carbons (Fsp3) is 0.263. The van der Waals surface area contributed by atoms with Crippen LogP contribution in [0.3, 0.4) is 0 Å². The first-order valence-corrected chi connectivity index (χ1v) is 8.16. The second-order valence-corrected chi connectivity index (χ2v) is 5.82. The molecule has 0 saturated carbocycles. The normalized spacial score (nSPS) is 12.8. The van der Waals surface area contributed by atoms with Gasteiger partial charge in [0.15, 0.2) is 11.5 Å². The van der Waals surface area contributed by atoms with Gasteiger partial charge in [0.05, 0.1) is 19.6 Å². The van der Waals surface area contributed by atoms with Crippen molar-refractivity contribution in [2.75, 3.05) is 23.8 Å². The van der Waals surface area contributed by atoms with Crippen molar-refractivity contribution in [1.82, 2.24) is 0 Å². The zero-order chi connectivity index (χ0) is 17.6. The van der Waals surface area contributed by atoms with Gasteiger partial charge in [-0.05, 0) is 35.9 Å². The Morgan fingerprint density at radius 3 is 2.44 bits per heavy atom. The molecule has 0 aliphatic carbocycles. The van der Waals surface area contributed by atoms with Crippen LogP contribution in [0.25, 0.3) is 0 Å². The number of fused-ring (bicyclic) bond motifs is 1. The number of ether oxygens (including phenoxy) is 2. The first kappa shape index (κ1) is 16.8. The Bertz CT molecular complexity index is 789. The highest BCUT2D eigenvalue weighted by Crippen LogP contribution is 2.30. The minimum Gasteiger partial charge on any atom is -0.490 e. The summed E-state index contributed by atoms with van der Waals surface area (Å²) in [7, 11) is 0. The number of benzene rings is 2. The lowest BCUT2D eigenvalue weighted by atomic mass is 10.1. The van der Waals surface area contributed by atoms with Gasteiger partial charge in [0.2, 0.25) is 11.8 Å². The van der Waals surface area contributed by atoms with Crippen LogP contribution in [0.5, 0.6) is 11.5 Å². The number of amides is 2. The molecular weight excluding hydrogens is 320 g/mol. The molecule has 6 heteroatoms. The maximum Gasteiger partial charge on any atom is 0.228 e. The Balaban J connectivity index is 1.65. The molecule has 6 nitrogen and oxygen atoms in total. The van der Waals surface area contributed by atoms with Gasteiger partial charge in [-0.25, -0.2) is 0 Å². The molecular formula is C19H20N2O4. The van der Waals surface area contributed by atoms with Gasteiger partial charge in [-0.3, -0.25) is 9.59 Å². The molecule has 0 spiro atoms. The largest absolute Gasteiger partial charge is 0.490 e. The van der Waals surface area contributed by atoms with Gasteiger partial charge in [0, 0.05) is 24.7 Å². The summed E-state index contributed by atoms with van der Waals surface area (Å²) in [6.45, 7) is 2.69. The standard InChI is InChI=1S/C19H20N2O4/c1-13(22)20-15-4-2-5-16(12-15)21-19(23)11-14-6-7-17-18(10-14)25-9-3-8-24-17/h2,4-7,10,12H,3,8-9,11H2,1H3,(H,20,22)(H,21,23). The first-order chi connectivity index (χ1) is 12.1. The molecule has 25 heavy (non-hydrogen) atoms. The third kappa shape index (κ3) is 4.73. The van der Waals surface area contributed by atoms with Gasteiger partial charge >= 0.3 is 0 Å². The lowest BCUT2D eigenvalue weighted by Gasteiger charge is -2.10. The zero-order valence-corrected chi connectivity index (χ0v) is 14.0. The molecule has 0 aromatic heterocycles. The van der Waals surface area contributed by atoms with Crippen molar-refractivity contribution in [3.63, 3.8) is 0 Å². The highest BCUT2D eigenvalue weighted by Gasteiger charge is 2.12. The van der Waals surface area contributed by atoms with E-state index in [0.717, 1.165) is 12.0 Å². The predicted molar refractivity (Wildman–Crippen MR) is 95.1 cm³/mol. The van der Waals surface area contributed by atoms with E-state index in [1.807, 2.05) is 18.2 Å². The Labute approximate surface area is 146 Å². The summed E-state index contributed by atoms with van der Waals surface area (Å²) in [5.74, 6) is 1.09. The van der Waals surface area contributed by atoms with Crippen molar-refractivity contribution in [2.24, 2.45) is 0 Å². The third-order valence-electron chi connectivity index (χ3n) is 3.64. The Morgan fingerprint density at radius 2 is 1.68 bits per heavy atom. The summed E-state index contributed by atoms with van der Waals surface area (Å²) >= 11 is 0. The quantitative estimate of drug-likeness (QED) is 0.897. The summed E-state index contributed by atoms with van der Waals surface area (Å²) in [5.41, 5.74) is 2.12. The van der Waals surface area contributed by atoms with Crippen LogP contribution in [0.4, 0.5) is 11.4 Å². The van der Waals surface area contributed by atoms with Crippen LogP contribution in [0.1, 0.15) is 18.9 Å². The molecule has 2 aromatic rings. The minimum absolute atomic E-state index is 0.144. The molecule has 1 heterocycles. The number of hydrogen-bond donors (Lipinski definition) is 2. The van der Waals surface area contributed by atoms with E-state index in [1.54, 1.807) is 24.3 Å². The van der Waals surface area contributed by atoms with E-state index in [0.29, 0.717) is 36.1 Å². The predicted octanol–water partition coefficient (Wildman–Crippen LogP) is 2.99. The van der Waals surface area contributed by atoms with Gasteiger partial charge < -0.3 is 20.1 Å². The first-order valence-electron chi connectivity index (χ1n) is 8.16. The van der Waals surface area contributed by atoms with Crippen molar-refractivity contribution in [1.29, 1.82) is 0 Å². The second kappa shape index (κ2) is 7.70. The number of rotatable bonds is 4. The van der Waals surface area contributed by atoms with Crippen LogP contribution in [-0.4, -0.2) is 25.0 Å². The van der Waals surface area contributed by atoms with Crippen LogP contribution >= 0.6 is 0 Å². The van der Waals surface area contributed by atoms with E-state index in [2.05, 4.69) is 10.6 Å². The fourth-order valence-corrected chi connectivity index (χ4v) is 2.59. The van der Waals surface area contributed by atoms with E-state index >= 15 is 0 Å². The van der Waals surface area contributed by atoms with Crippen molar-refractivity contribution in [3.8, 4) is 11.5 Å². The van der Waals surface area contributed by atoms with Crippen LogP contribution in [0, 0.1) is 0 Å². The number of anilines is 2. The molecule has 2 aromatic carbocycles.